The molecule has 0 saturated heterocycles. The molecule has 1 rings (SSSR count). The zero-order chi connectivity index (χ0) is 12.9. The first-order valence-corrected chi connectivity index (χ1v) is 6.91. The van der Waals surface area contributed by atoms with E-state index in [4.69, 9.17) is 0 Å². The summed E-state index contributed by atoms with van der Waals surface area (Å²) >= 11 is 0. The second kappa shape index (κ2) is 5.77. The van der Waals surface area contributed by atoms with E-state index in [2.05, 4.69) is 0 Å². The van der Waals surface area contributed by atoms with Gasteiger partial charge in [0, 0.05) is 6.42 Å². The quantitative estimate of drug-likeness (QED) is 0.757. The van der Waals surface area contributed by atoms with Crippen molar-refractivity contribution in [3.63, 3.8) is 0 Å². The van der Waals surface area contributed by atoms with E-state index in [1.807, 2.05) is 13.8 Å². The number of benzene rings is 1. The molecule has 4 heteroatoms. The Bertz CT molecular complexity index is 499. The zero-order valence-corrected chi connectivity index (χ0v) is 10.8. The molecule has 0 aliphatic rings. The molecular formula is C13H16O3S. The third kappa shape index (κ3) is 3.53. The molecule has 0 amide bonds. The van der Waals surface area contributed by atoms with Crippen LogP contribution in [-0.2, 0) is 14.6 Å². The summed E-state index contributed by atoms with van der Waals surface area (Å²) in [4.78, 5) is 11.0. The number of hydrogen-bond donors (Lipinski definition) is 0. The summed E-state index contributed by atoms with van der Waals surface area (Å²) in [5.41, 5.74) is 0. The van der Waals surface area contributed by atoms with Gasteiger partial charge in [-0.2, -0.15) is 0 Å². The van der Waals surface area contributed by atoms with Gasteiger partial charge in [0.05, 0.1) is 9.80 Å². The standard InChI is InChI=1S/C13H16O3S/c1-11(2)10-13(8-9-14)17(15,16)12-6-4-3-5-7-12/h3-7,9-11H,8H2,1-2H3/b13-10+. The first-order valence-electron chi connectivity index (χ1n) is 5.43. The molecule has 0 aliphatic heterocycles. The van der Waals surface area contributed by atoms with Gasteiger partial charge in [-0.15, -0.1) is 0 Å². The van der Waals surface area contributed by atoms with Crippen LogP contribution >= 0.6 is 0 Å². The summed E-state index contributed by atoms with van der Waals surface area (Å²) in [5.74, 6) is 0.0865. The second-order valence-corrected chi connectivity index (χ2v) is 6.07. The molecule has 0 spiro atoms. The highest BCUT2D eigenvalue weighted by Crippen LogP contribution is 2.22. The van der Waals surface area contributed by atoms with Gasteiger partial charge >= 0.3 is 0 Å². The number of hydrogen-bond acceptors (Lipinski definition) is 3. The molecule has 0 atom stereocenters. The average Bonchev–Trinajstić information content (AvgIpc) is 2.29. The molecule has 0 N–H and O–H groups in total. The van der Waals surface area contributed by atoms with Crippen molar-refractivity contribution in [1.29, 1.82) is 0 Å². The summed E-state index contributed by atoms with van der Waals surface area (Å²) in [7, 11) is -3.53. The van der Waals surface area contributed by atoms with Gasteiger partial charge < -0.3 is 4.79 Å². The molecule has 92 valence electrons. The van der Waals surface area contributed by atoms with Crippen LogP contribution in [0.5, 0.6) is 0 Å². The van der Waals surface area contributed by atoms with Crippen LogP contribution in [0.4, 0.5) is 0 Å². The van der Waals surface area contributed by atoms with E-state index >= 15 is 0 Å². The molecule has 0 unspecified atom stereocenters. The van der Waals surface area contributed by atoms with Crippen LogP contribution in [0.15, 0.2) is 46.2 Å². The maximum absolute atomic E-state index is 12.2. The van der Waals surface area contributed by atoms with Crippen molar-refractivity contribution in [2.45, 2.75) is 25.2 Å². The normalized spacial score (nSPS) is 12.8. The molecule has 0 aliphatic carbocycles. The van der Waals surface area contributed by atoms with Crippen LogP contribution in [0.2, 0.25) is 0 Å². The summed E-state index contributed by atoms with van der Waals surface area (Å²) in [5, 5.41) is 0. The van der Waals surface area contributed by atoms with E-state index in [1.54, 1.807) is 24.3 Å². The Hall–Kier alpha value is -1.42. The van der Waals surface area contributed by atoms with Crippen molar-refractivity contribution in [2.75, 3.05) is 0 Å². The maximum Gasteiger partial charge on any atom is 0.202 e. The molecule has 0 aromatic heterocycles. The number of aldehydes is 1. The fourth-order valence-corrected chi connectivity index (χ4v) is 3.03. The first-order chi connectivity index (χ1) is 7.98. The summed E-state index contributed by atoms with van der Waals surface area (Å²) in [6.07, 6.45) is 2.17. The van der Waals surface area contributed by atoms with Crippen LogP contribution in [0.25, 0.3) is 0 Å². The Morgan fingerprint density at radius 3 is 2.29 bits per heavy atom. The van der Waals surface area contributed by atoms with E-state index in [9.17, 15) is 13.2 Å². The van der Waals surface area contributed by atoms with Gasteiger partial charge in [0.15, 0.2) is 0 Å². The minimum absolute atomic E-state index is 0.0740. The lowest BCUT2D eigenvalue weighted by Crippen LogP contribution is -2.06. The predicted molar refractivity (Wildman–Crippen MR) is 67.2 cm³/mol. The molecule has 0 bridgehead atoms. The molecule has 0 fully saturated rings. The van der Waals surface area contributed by atoms with Crippen molar-refractivity contribution in [3.05, 3.63) is 41.3 Å². The monoisotopic (exact) mass is 252 g/mol. The molecule has 0 heterocycles. The second-order valence-electron chi connectivity index (χ2n) is 4.06. The maximum atomic E-state index is 12.2. The molecule has 1 aromatic rings. The SMILES string of the molecule is CC(C)/C=C(\CC=O)S(=O)(=O)c1ccccc1. The minimum atomic E-state index is -3.53. The van der Waals surface area contributed by atoms with Crippen molar-refractivity contribution >= 4 is 16.1 Å². The molecular weight excluding hydrogens is 236 g/mol. The lowest BCUT2D eigenvalue weighted by atomic mass is 10.2. The van der Waals surface area contributed by atoms with E-state index in [1.165, 1.54) is 12.1 Å². The first kappa shape index (κ1) is 13.6. The van der Waals surface area contributed by atoms with Gasteiger partial charge in [-0.3, -0.25) is 0 Å². The van der Waals surface area contributed by atoms with Crippen LogP contribution < -0.4 is 0 Å². The fourth-order valence-electron chi connectivity index (χ4n) is 1.47. The summed E-state index contributed by atoms with van der Waals surface area (Å²) < 4.78 is 24.5. The number of sulfone groups is 1. The highest BCUT2D eigenvalue weighted by Gasteiger charge is 2.19. The third-order valence-electron chi connectivity index (χ3n) is 2.20. The van der Waals surface area contributed by atoms with Crippen LogP contribution in [0.1, 0.15) is 20.3 Å². The van der Waals surface area contributed by atoms with Crippen molar-refractivity contribution < 1.29 is 13.2 Å². The van der Waals surface area contributed by atoms with Gasteiger partial charge in [0.25, 0.3) is 0 Å². The van der Waals surface area contributed by atoms with Gasteiger partial charge in [-0.25, -0.2) is 8.42 Å². The van der Waals surface area contributed by atoms with Crippen molar-refractivity contribution in [2.24, 2.45) is 5.92 Å². The summed E-state index contributed by atoms with van der Waals surface area (Å²) in [6, 6.07) is 8.16. The van der Waals surface area contributed by atoms with E-state index in [-0.39, 0.29) is 22.1 Å². The largest absolute Gasteiger partial charge is 0.303 e. The van der Waals surface area contributed by atoms with Gasteiger partial charge in [0.1, 0.15) is 6.29 Å². The van der Waals surface area contributed by atoms with Crippen LogP contribution in [0, 0.1) is 5.92 Å². The highest BCUT2D eigenvalue weighted by atomic mass is 32.2. The number of carbonyl (C=O) groups is 1. The zero-order valence-electron chi connectivity index (χ0n) is 9.96. The van der Waals surface area contributed by atoms with Crippen LogP contribution in [0.3, 0.4) is 0 Å². The molecule has 17 heavy (non-hydrogen) atoms. The Balaban J connectivity index is 3.23. The van der Waals surface area contributed by atoms with Gasteiger partial charge in [0.2, 0.25) is 9.84 Å². The molecule has 0 radical (unpaired) electrons. The Kier molecular flexibility index (Phi) is 4.63. The number of carbonyl (C=O) groups excluding carboxylic acids is 1. The van der Waals surface area contributed by atoms with Gasteiger partial charge in [-0.05, 0) is 18.1 Å². The molecule has 0 saturated carbocycles. The predicted octanol–water partition coefficient (Wildman–Crippen LogP) is 2.59. The Labute approximate surface area is 102 Å². The Morgan fingerprint density at radius 1 is 1.24 bits per heavy atom. The average molecular weight is 252 g/mol. The molecule has 1 aromatic carbocycles. The van der Waals surface area contributed by atoms with E-state index < -0.39 is 9.84 Å². The highest BCUT2D eigenvalue weighted by molar-refractivity contribution is 7.95. The topological polar surface area (TPSA) is 51.2 Å². The lowest BCUT2D eigenvalue weighted by molar-refractivity contribution is -0.107. The lowest BCUT2D eigenvalue weighted by Gasteiger charge is -2.08. The fraction of sp³-hybridized carbons (Fsp3) is 0.308. The minimum Gasteiger partial charge on any atom is -0.303 e. The van der Waals surface area contributed by atoms with E-state index in [0.717, 1.165) is 0 Å². The third-order valence-corrected chi connectivity index (χ3v) is 4.09. The smallest absolute Gasteiger partial charge is 0.202 e. The van der Waals surface area contributed by atoms with E-state index in [0.29, 0.717) is 6.29 Å². The number of allylic oxidation sites excluding steroid dienone is 2. The summed E-state index contributed by atoms with van der Waals surface area (Å²) in [6.45, 7) is 3.76. The Morgan fingerprint density at radius 2 is 1.82 bits per heavy atom. The van der Waals surface area contributed by atoms with Gasteiger partial charge in [-0.1, -0.05) is 38.1 Å². The number of rotatable bonds is 5. The van der Waals surface area contributed by atoms with Crippen molar-refractivity contribution in [3.8, 4) is 0 Å². The van der Waals surface area contributed by atoms with Crippen molar-refractivity contribution in [1.82, 2.24) is 0 Å². The molecule has 3 nitrogen and oxygen atoms in total. The van der Waals surface area contributed by atoms with Crippen LogP contribution in [-0.4, -0.2) is 14.7 Å².